The molecule has 0 saturated carbocycles. The third-order valence-electron chi connectivity index (χ3n) is 3.46. The number of fused-ring (bicyclic) bond motifs is 1. The Bertz CT molecular complexity index is 754. The van der Waals surface area contributed by atoms with Gasteiger partial charge in [-0.3, -0.25) is 4.40 Å². The molecule has 4 heteroatoms. The highest BCUT2D eigenvalue weighted by atomic mass is 15.1. The minimum absolute atomic E-state index is 0.682. The number of pyridine rings is 1. The van der Waals surface area contributed by atoms with Crippen molar-refractivity contribution >= 4 is 17.2 Å². The van der Waals surface area contributed by atoms with Crippen LogP contribution in [0, 0.1) is 6.92 Å². The highest BCUT2D eigenvalue weighted by Gasteiger charge is 2.11. The van der Waals surface area contributed by atoms with Crippen molar-refractivity contribution in [3.05, 3.63) is 48.2 Å². The number of aryl methyl sites for hydroxylation is 1. The topological polar surface area (TPSA) is 46.6 Å². The summed E-state index contributed by atoms with van der Waals surface area (Å²) in [5.41, 5.74) is 11.3. The molecular weight excluding hydrogens is 248 g/mol. The largest absolute Gasteiger partial charge is 0.383 e. The van der Waals surface area contributed by atoms with Crippen LogP contribution in [0.5, 0.6) is 0 Å². The van der Waals surface area contributed by atoms with Gasteiger partial charge in [0.2, 0.25) is 0 Å². The molecule has 3 rings (SSSR count). The first kappa shape index (κ1) is 12.5. The second-order valence-corrected chi connectivity index (χ2v) is 5.22. The predicted octanol–water partition coefficient (Wildman–Crippen LogP) is 2.96. The summed E-state index contributed by atoms with van der Waals surface area (Å²) in [6, 6.07) is 12.3. The fraction of sp³-hybridized carbons (Fsp3) is 0.188. The molecule has 20 heavy (non-hydrogen) atoms. The first-order chi connectivity index (χ1) is 9.56. The summed E-state index contributed by atoms with van der Waals surface area (Å²) in [6.07, 6.45) is 2.01. The van der Waals surface area contributed by atoms with Gasteiger partial charge in [0.05, 0.1) is 0 Å². The van der Waals surface area contributed by atoms with E-state index in [1.807, 2.05) is 43.7 Å². The van der Waals surface area contributed by atoms with Gasteiger partial charge in [0.1, 0.15) is 17.2 Å². The molecule has 0 saturated heterocycles. The highest BCUT2D eigenvalue weighted by molar-refractivity contribution is 5.76. The van der Waals surface area contributed by atoms with Gasteiger partial charge in [-0.05, 0) is 30.7 Å². The van der Waals surface area contributed by atoms with Crippen molar-refractivity contribution in [2.75, 3.05) is 24.7 Å². The number of imidazole rings is 1. The Morgan fingerprint density at radius 3 is 2.40 bits per heavy atom. The quantitative estimate of drug-likeness (QED) is 0.775. The molecule has 0 fully saturated rings. The van der Waals surface area contributed by atoms with Gasteiger partial charge < -0.3 is 10.6 Å². The monoisotopic (exact) mass is 266 g/mol. The van der Waals surface area contributed by atoms with E-state index >= 15 is 0 Å². The SMILES string of the molecule is Cc1ccc2nc(-c3ccc(N(C)C)cc3)c(N)n2c1. The van der Waals surface area contributed by atoms with Crippen LogP contribution in [0.1, 0.15) is 5.56 Å². The zero-order chi connectivity index (χ0) is 14.3. The predicted molar refractivity (Wildman–Crippen MR) is 84.1 cm³/mol. The van der Waals surface area contributed by atoms with Crippen LogP contribution in [0.2, 0.25) is 0 Å². The maximum absolute atomic E-state index is 6.23. The summed E-state index contributed by atoms with van der Waals surface area (Å²) >= 11 is 0. The van der Waals surface area contributed by atoms with Gasteiger partial charge in [0.25, 0.3) is 0 Å². The van der Waals surface area contributed by atoms with Crippen LogP contribution in [-0.4, -0.2) is 23.5 Å². The fourth-order valence-electron chi connectivity index (χ4n) is 2.30. The lowest BCUT2D eigenvalue weighted by Gasteiger charge is -2.12. The lowest BCUT2D eigenvalue weighted by molar-refractivity contribution is 1.13. The van der Waals surface area contributed by atoms with Gasteiger partial charge in [-0.25, -0.2) is 4.98 Å². The van der Waals surface area contributed by atoms with Crippen molar-refractivity contribution in [3.63, 3.8) is 0 Å². The fourth-order valence-corrected chi connectivity index (χ4v) is 2.30. The molecule has 102 valence electrons. The number of nitrogen functional groups attached to an aromatic ring is 1. The molecule has 0 aliphatic rings. The molecule has 2 heterocycles. The second-order valence-electron chi connectivity index (χ2n) is 5.22. The van der Waals surface area contributed by atoms with E-state index in [4.69, 9.17) is 5.73 Å². The lowest BCUT2D eigenvalue weighted by Crippen LogP contribution is -2.07. The summed E-state index contributed by atoms with van der Waals surface area (Å²) in [5, 5.41) is 0. The number of rotatable bonds is 2. The van der Waals surface area contributed by atoms with Gasteiger partial charge in [-0.15, -0.1) is 0 Å². The molecule has 0 amide bonds. The normalized spacial score (nSPS) is 10.9. The summed E-state index contributed by atoms with van der Waals surface area (Å²) in [4.78, 5) is 6.69. The summed E-state index contributed by atoms with van der Waals surface area (Å²) in [6.45, 7) is 2.05. The second kappa shape index (κ2) is 4.56. The Labute approximate surface area is 118 Å². The summed E-state index contributed by atoms with van der Waals surface area (Å²) < 4.78 is 1.94. The van der Waals surface area contributed by atoms with E-state index in [-0.39, 0.29) is 0 Å². The zero-order valence-corrected chi connectivity index (χ0v) is 12.0. The molecule has 0 spiro atoms. The third-order valence-corrected chi connectivity index (χ3v) is 3.46. The van der Waals surface area contributed by atoms with E-state index in [0.29, 0.717) is 5.82 Å². The van der Waals surface area contributed by atoms with Crippen molar-refractivity contribution in [3.8, 4) is 11.3 Å². The molecule has 0 aliphatic heterocycles. The lowest BCUT2D eigenvalue weighted by atomic mass is 10.1. The standard InChI is InChI=1S/C16H18N4/c1-11-4-9-14-18-15(16(17)20(14)10-11)12-5-7-13(8-6-12)19(2)3/h4-10H,17H2,1-3H3. The maximum atomic E-state index is 6.23. The minimum Gasteiger partial charge on any atom is -0.383 e. The maximum Gasteiger partial charge on any atom is 0.139 e. The molecule has 4 nitrogen and oxygen atoms in total. The summed E-state index contributed by atoms with van der Waals surface area (Å²) in [5.74, 6) is 0.682. The molecule has 2 aromatic heterocycles. The molecule has 0 aliphatic carbocycles. The molecule has 3 aromatic rings. The molecule has 2 N–H and O–H groups in total. The minimum atomic E-state index is 0.682. The van der Waals surface area contributed by atoms with E-state index < -0.39 is 0 Å². The number of anilines is 2. The van der Waals surface area contributed by atoms with E-state index in [9.17, 15) is 0 Å². The smallest absolute Gasteiger partial charge is 0.139 e. The number of hydrogen-bond donors (Lipinski definition) is 1. The van der Waals surface area contributed by atoms with Gasteiger partial charge in [0, 0.05) is 31.5 Å². The van der Waals surface area contributed by atoms with Gasteiger partial charge >= 0.3 is 0 Å². The van der Waals surface area contributed by atoms with Crippen molar-refractivity contribution in [1.29, 1.82) is 0 Å². The van der Waals surface area contributed by atoms with Crippen molar-refractivity contribution in [1.82, 2.24) is 9.38 Å². The Morgan fingerprint density at radius 2 is 1.75 bits per heavy atom. The Hall–Kier alpha value is -2.49. The molecule has 0 unspecified atom stereocenters. The van der Waals surface area contributed by atoms with Crippen LogP contribution in [0.15, 0.2) is 42.6 Å². The van der Waals surface area contributed by atoms with E-state index in [1.54, 1.807) is 0 Å². The van der Waals surface area contributed by atoms with Crippen molar-refractivity contribution in [2.45, 2.75) is 6.92 Å². The van der Waals surface area contributed by atoms with Crippen molar-refractivity contribution in [2.24, 2.45) is 0 Å². The Kier molecular flexibility index (Phi) is 2.86. The number of nitrogens with two attached hydrogens (primary N) is 1. The van der Waals surface area contributed by atoms with Gasteiger partial charge in [0.15, 0.2) is 0 Å². The van der Waals surface area contributed by atoms with Crippen LogP contribution < -0.4 is 10.6 Å². The van der Waals surface area contributed by atoms with Gasteiger partial charge in [-0.1, -0.05) is 18.2 Å². The number of hydrogen-bond acceptors (Lipinski definition) is 3. The van der Waals surface area contributed by atoms with Crippen LogP contribution in [0.3, 0.4) is 0 Å². The average Bonchev–Trinajstić information content (AvgIpc) is 2.76. The third kappa shape index (κ3) is 1.99. The Balaban J connectivity index is 2.12. The van der Waals surface area contributed by atoms with E-state index in [0.717, 1.165) is 28.2 Å². The summed E-state index contributed by atoms with van der Waals surface area (Å²) in [7, 11) is 4.05. The zero-order valence-electron chi connectivity index (χ0n) is 12.0. The van der Waals surface area contributed by atoms with E-state index in [1.165, 1.54) is 0 Å². The van der Waals surface area contributed by atoms with Crippen LogP contribution >= 0.6 is 0 Å². The first-order valence-electron chi connectivity index (χ1n) is 6.58. The molecule has 0 radical (unpaired) electrons. The van der Waals surface area contributed by atoms with E-state index in [2.05, 4.69) is 34.1 Å². The molecule has 0 bridgehead atoms. The molecular formula is C16H18N4. The van der Waals surface area contributed by atoms with Crippen molar-refractivity contribution < 1.29 is 0 Å². The average molecular weight is 266 g/mol. The molecule has 1 aromatic carbocycles. The number of nitrogens with zero attached hydrogens (tertiary/aromatic N) is 3. The number of benzene rings is 1. The first-order valence-corrected chi connectivity index (χ1v) is 6.58. The molecule has 0 atom stereocenters. The van der Waals surface area contributed by atoms with Gasteiger partial charge in [-0.2, -0.15) is 0 Å². The van der Waals surface area contributed by atoms with Crippen LogP contribution in [-0.2, 0) is 0 Å². The highest BCUT2D eigenvalue weighted by Crippen LogP contribution is 2.28. The van der Waals surface area contributed by atoms with Crippen LogP contribution in [0.25, 0.3) is 16.9 Å². The number of aromatic nitrogens is 2. The Morgan fingerprint density at radius 1 is 1.05 bits per heavy atom. The van der Waals surface area contributed by atoms with Crippen LogP contribution in [0.4, 0.5) is 11.5 Å².